The number of rotatable bonds is 5. The molecule has 0 saturated carbocycles. The maximum absolute atomic E-state index is 13.8. The molecule has 0 heterocycles. The molecule has 0 aliphatic rings. The predicted molar refractivity (Wildman–Crippen MR) is 80.1 cm³/mol. The molecule has 0 saturated heterocycles. The molecule has 100 valence electrons. The van der Waals surface area contributed by atoms with Gasteiger partial charge in [0.1, 0.15) is 5.82 Å². The second kappa shape index (κ2) is 6.73. The Labute approximate surface area is 118 Å². The van der Waals surface area contributed by atoms with Crippen molar-refractivity contribution in [1.29, 1.82) is 0 Å². The summed E-state index contributed by atoms with van der Waals surface area (Å²) in [6, 6.07) is 15.2. The zero-order valence-electron chi connectivity index (χ0n) is 11.2. The summed E-state index contributed by atoms with van der Waals surface area (Å²) < 4.78 is 13.8. The standard InChI is InChI=1S/C16H18FNS/c1-12-7-3-6-10-16(12)19-11-15(18-2)13-8-4-5-9-14(13)17/h3-10,15,18H,11H2,1-2H3. The lowest BCUT2D eigenvalue weighted by atomic mass is 10.1. The van der Waals surface area contributed by atoms with E-state index in [-0.39, 0.29) is 11.9 Å². The van der Waals surface area contributed by atoms with Crippen LogP contribution in [0.3, 0.4) is 0 Å². The Morgan fingerprint density at radius 2 is 1.79 bits per heavy atom. The number of aryl methyl sites for hydroxylation is 1. The summed E-state index contributed by atoms with van der Waals surface area (Å²) in [7, 11) is 1.87. The minimum atomic E-state index is -0.146. The van der Waals surface area contributed by atoms with Gasteiger partial charge in [0.25, 0.3) is 0 Å². The quantitative estimate of drug-likeness (QED) is 0.821. The molecule has 0 radical (unpaired) electrons. The first-order chi connectivity index (χ1) is 9.22. The Balaban J connectivity index is 2.09. The van der Waals surface area contributed by atoms with Crippen molar-refractivity contribution in [2.24, 2.45) is 0 Å². The molecule has 0 aromatic heterocycles. The second-order valence-corrected chi connectivity index (χ2v) is 5.50. The average Bonchev–Trinajstić information content (AvgIpc) is 2.43. The van der Waals surface area contributed by atoms with Crippen LogP contribution in [0.4, 0.5) is 4.39 Å². The van der Waals surface area contributed by atoms with Gasteiger partial charge < -0.3 is 5.32 Å². The fourth-order valence-electron chi connectivity index (χ4n) is 1.98. The van der Waals surface area contributed by atoms with Gasteiger partial charge in [-0.25, -0.2) is 4.39 Å². The van der Waals surface area contributed by atoms with Gasteiger partial charge in [0, 0.05) is 22.3 Å². The highest BCUT2D eigenvalue weighted by Crippen LogP contribution is 2.27. The van der Waals surface area contributed by atoms with Gasteiger partial charge in [-0.1, -0.05) is 36.4 Å². The van der Waals surface area contributed by atoms with E-state index >= 15 is 0 Å². The summed E-state index contributed by atoms with van der Waals surface area (Å²) in [5.41, 5.74) is 1.99. The number of halogens is 1. The first kappa shape index (κ1) is 14.1. The van der Waals surface area contributed by atoms with E-state index in [0.717, 1.165) is 11.3 Å². The van der Waals surface area contributed by atoms with Gasteiger partial charge in [-0.15, -0.1) is 11.8 Å². The van der Waals surface area contributed by atoms with Crippen LogP contribution in [0.15, 0.2) is 53.4 Å². The molecule has 1 unspecified atom stereocenters. The van der Waals surface area contributed by atoms with Crippen LogP contribution < -0.4 is 5.32 Å². The van der Waals surface area contributed by atoms with E-state index in [1.807, 2.05) is 31.3 Å². The van der Waals surface area contributed by atoms with E-state index in [9.17, 15) is 4.39 Å². The molecule has 1 nitrogen and oxygen atoms in total. The second-order valence-electron chi connectivity index (χ2n) is 4.44. The van der Waals surface area contributed by atoms with Crippen molar-refractivity contribution in [2.75, 3.05) is 12.8 Å². The smallest absolute Gasteiger partial charge is 0.128 e. The van der Waals surface area contributed by atoms with Gasteiger partial charge >= 0.3 is 0 Å². The van der Waals surface area contributed by atoms with Crippen LogP contribution in [-0.2, 0) is 0 Å². The monoisotopic (exact) mass is 275 g/mol. The van der Waals surface area contributed by atoms with Crippen LogP contribution in [0.25, 0.3) is 0 Å². The SMILES string of the molecule is CNC(CSc1ccccc1C)c1ccccc1F. The maximum Gasteiger partial charge on any atom is 0.128 e. The Bertz CT molecular complexity index is 542. The molecule has 0 spiro atoms. The zero-order valence-corrected chi connectivity index (χ0v) is 12.0. The molecule has 3 heteroatoms. The molecule has 2 aromatic rings. The highest BCUT2D eigenvalue weighted by atomic mass is 32.2. The molecular weight excluding hydrogens is 257 g/mol. The first-order valence-corrected chi connectivity index (χ1v) is 7.31. The van der Waals surface area contributed by atoms with E-state index in [0.29, 0.717) is 0 Å². The third kappa shape index (κ3) is 3.58. The highest BCUT2D eigenvalue weighted by molar-refractivity contribution is 7.99. The Hall–Kier alpha value is -1.32. The van der Waals surface area contributed by atoms with Crippen LogP contribution in [0.5, 0.6) is 0 Å². The number of benzene rings is 2. The summed E-state index contributed by atoms with van der Waals surface area (Å²) in [4.78, 5) is 1.25. The minimum Gasteiger partial charge on any atom is -0.312 e. The maximum atomic E-state index is 13.8. The molecular formula is C16H18FNS. The molecule has 0 amide bonds. The van der Waals surface area contributed by atoms with E-state index in [4.69, 9.17) is 0 Å². The lowest BCUT2D eigenvalue weighted by molar-refractivity contribution is 0.565. The van der Waals surface area contributed by atoms with Crippen LogP contribution in [0.1, 0.15) is 17.2 Å². The van der Waals surface area contributed by atoms with Gasteiger partial charge in [0.05, 0.1) is 0 Å². The van der Waals surface area contributed by atoms with E-state index in [1.54, 1.807) is 17.8 Å². The summed E-state index contributed by atoms with van der Waals surface area (Å²) in [6.45, 7) is 2.10. The predicted octanol–water partition coefficient (Wildman–Crippen LogP) is 4.19. The van der Waals surface area contributed by atoms with Crippen molar-refractivity contribution in [1.82, 2.24) is 5.32 Å². The average molecular weight is 275 g/mol. The summed E-state index contributed by atoms with van der Waals surface area (Å²) in [6.07, 6.45) is 0. The molecule has 0 bridgehead atoms. The normalized spacial score (nSPS) is 12.4. The summed E-state index contributed by atoms with van der Waals surface area (Å²) in [5.74, 6) is 0.662. The fraction of sp³-hybridized carbons (Fsp3) is 0.250. The number of nitrogens with one attached hydrogen (secondary N) is 1. The Kier molecular flexibility index (Phi) is 5.00. The fourth-order valence-corrected chi connectivity index (χ4v) is 3.14. The highest BCUT2D eigenvalue weighted by Gasteiger charge is 2.14. The van der Waals surface area contributed by atoms with E-state index in [2.05, 4.69) is 24.4 Å². The first-order valence-electron chi connectivity index (χ1n) is 6.32. The van der Waals surface area contributed by atoms with Gasteiger partial charge in [-0.3, -0.25) is 0 Å². The molecule has 0 aliphatic heterocycles. The molecule has 0 fully saturated rings. The van der Waals surface area contributed by atoms with Crippen molar-refractivity contribution >= 4 is 11.8 Å². The van der Waals surface area contributed by atoms with Crippen molar-refractivity contribution in [2.45, 2.75) is 17.9 Å². The molecule has 1 N–H and O–H groups in total. The number of hydrogen-bond acceptors (Lipinski definition) is 2. The largest absolute Gasteiger partial charge is 0.312 e. The van der Waals surface area contributed by atoms with Crippen LogP contribution in [0.2, 0.25) is 0 Å². The van der Waals surface area contributed by atoms with Gasteiger partial charge in [-0.2, -0.15) is 0 Å². The molecule has 2 rings (SSSR count). The summed E-state index contributed by atoms with van der Waals surface area (Å²) >= 11 is 1.75. The van der Waals surface area contributed by atoms with E-state index in [1.165, 1.54) is 16.5 Å². The number of hydrogen-bond donors (Lipinski definition) is 1. The van der Waals surface area contributed by atoms with Gasteiger partial charge in [-0.05, 0) is 31.7 Å². The lowest BCUT2D eigenvalue weighted by Crippen LogP contribution is -2.20. The molecule has 19 heavy (non-hydrogen) atoms. The zero-order chi connectivity index (χ0) is 13.7. The molecule has 0 aliphatic carbocycles. The number of thioether (sulfide) groups is 1. The van der Waals surface area contributed by atoms with E-state index < -0.39 is 0 Å². The minimum absolute atomic E-state index is 0.0193. The molecule has 2 aromatic carbocycles. The third-order valence-electron chi connectivity index (χ3n) is 3.13. The lowest BCUT2D eigenvalue weighted by Gasteiger charge is -2.17. The third-order valence-corrected chi connectivity index (χ3v) is 4.40. The Morgan fingerprint density at radius 1 is 1.11 bits per heavy atom. The van der Waals surface area contributed by atoms with Crippen molar-refractivity contribution in [3.63, 3.8) is 0 Å². The van der Waals surface area contributed by atoms with Crippen LogP contribution in [-0.4, -0.2) is 12.8 Å². The van der Waals surface area contributed by atoms with Crippen molar-refractivity contribution in [3.05, 3.63) is 65.5 Å². The van der Waals surface area contributed by atoms with Crippen LogP contribution in [0, 0.1) is 12.7 Å². The van der Waals surface area contributed by atoms with Crippen molar-refractivity contribution < 1.29 is 4.39 Å². The Morgan fingerprint density at radius 3 is 2.47 bits per heavy atom. The molecule has 1 atom stereocenters. The van der Waals surface area contributed by atoms with Gasteiger partial charge in [0.2, 0.25) is 0 Å². The summed E-state index contributed by atoms with van der Waals surface area (Å²) in [5, 5.41) is 3.19. The van der Waals surface area contributed by atoms with Crippen LogP contribution >= 0.6 is 11.8 Å². The van der Waals surface area contributed by atoms with Crippen molar-refractivity contribution in [3.8, 4) is 0 Å². The van der Waals surface area contributed by atoms with Gasteiger partial charge in [0.15, 0.2) is 0 Å². The topological polar surface area (TPSA) is 12.0 Å².